The second-order valence-corrected chi connectivity index (χ2v) is 3.65. The fourth-order valence-corrected chi connectivity index (χ4v) is 0.956. The third kappa shape index (κ3) is 3.14. The Kier molecular flexibility index (Phi) is 3.58. The smallest absolute Gasteiger partial charge is 0.274 e. The monoisotopic (exact) mass is 257 g/mol. The minimum absolute atomic E-state index is 0.0164. The predicted molar refractivity (Wildman–Crippen MR) is 57.4 cm³/mol. The Hall–Kier alpha value is -1.43. The van der Waals surface area contributed by atoms with Crippen LogP contribution in [0.15, 0.2) is 29.4 Å². The summed E-state index contributed by atoms with van der Waals surface area (Å²) in [5.41, 5.74) is 0.0164. The maximum absolute atomic E-state index is 10.4. The zero-order valence-corrected chi connectivity index (χ0v) is 8.82. The Labute approximate surface area is 89.1 Å². The standard InChI is InChI=1S/C8H8BrN3O2/c1-6(9)5-11-8-4-7(12(13)14)2-3-10-8/h2-4H,1,5H2,(H,10,11). The molecule has 1 aromatic heterocycles. The largest absolute Gasteiger partial charge is 0.365 e. The van der Waals surface area contributed by atoms with Crippen LogP contribution in [0.5, 0.6) is 0 Å². The predicted octanol–water partition coefficient (Wildman–Crippen LogP) is 2.31. The minimum Gasteiger partial charge on any atom is -0.365 e. The van der Waals surface area contributed by atoms with Crippen molar-refractivity contribution in [3.05, 3.63) is 39.5 Å². The van der Waals surface area contributed by atoms with Crippen LogP contribution in [-0.4, -0.2) is 16.5 Å². The first-order valence-corrected chi connectivity index (χ1v) is 4.56. The molecule has 1 rings (SSSR count). The molecule has 0 aliphatic carbocycles. The first-order chi connectivity index (χ1) is 6.59. The van der Waals surface area contributed by atoms with Crippen LogP contribution in [-0.2, 0) is 0 Å². The average molecular weight is 258 g/mol. The van der Waals surface area contributed by atoms with E-state index in [1.54, 1.807) is 0 Å². The van der Waals surface area contributed by atoms with Crippen molar-refractivity contribution in [3.63, 3.8) is 0 Å². The molecule has 1 aromatic rings. The van der Waals surface area contributed by atoms with E-state index in [-0.39, 0.29) is 5.69 Å². The summed E-state index contributed by atoms with van der Waals surface area (Å²) in [6, 6.07) is 2.71. The number of nitro groups is 1. The lowest BCUT2D eigenvalue weighted by Gasteiger charge is -2.02. The molecule has 0 saturated heterocycles. The van der Waals surface area contributed by atoms with Crippen LogP contribution in [0.1, 0.15) is 0 Å². The zero-order valence-electron chi connectivity index (χ0n) is 7.24. The van der Waals surface area contributed by atoms with E-state index in [1.165, 1.54) is 18.3 Å². The lowest BCUT2D eigenvalue weighted by Crippen LogP contribution is -2.02. The van der Waals surface area contributed by atoms with Crippen LogP contribution in [0.25, 0.3) is 0 Å². The highest BCUT2D eigenvalue weighted by Crippen LogP contribution is 2.14. The third-order valence-electron chi connectivity index (χ3n) is 1.42. The molecule has 0 fully saturated rings. The summed E-state index contributed by atoms with van der Waals surface area (Å²) in [4.78, 5) is 13.9. The van der Waals surface area contributed by atoms with E-state index in [2.05, 4.69) is 32.8 Å². The number of hydrogen-bond acceptors (Lipinski definition) is 4. The quantitative estimate of drug-likeness (QED) is 0.664. The van der Waals surface area contributed by atoms with E-state index in [0.29, 0.717) is 12.4 Å². The van der Waals surface area contributed by atoms with Crippen LogP contribution in [0.4, 0.5) is 11.5 Å². The van der Waals surface area contributed by atoms with E-state index in [9.17, 15) is 10.1 Å². The molecule has 6 heteroatoms. The number of nitrogens with zero attached hydrogens (tertiary/aromatic N) is 2. The van der Waals surface area contributed by atoms with E-state index >= 15 is 0 Å². The van der Waals surface area contributed by atoms with Gasteiger partial charge in [0.2, 0.25) is 0 Å². The molecule has 0 radical (unpaired) electrons. The molecule has 0 bridgehead atoms. The van der Waals surface area contributed by atoms with Crippen molar-refractivity contribution in [2.45, 2.75) is 0 Å². The molecule has 14 heavy (non-hydrogen) atoms. The van der Waals surface area contributed by atoms with Crippen molar-refractivity contribution < 1.29 is 4.92 Å². The van der Waals surface area contributed by atoms with Gasteiger partial charge in [-0.15, -0.1) is 0 Å². The molecule has 0 aliphatic heterocycles. The second-order valence-electron chi connectivity index (χ2n) is 2.53. The summed E-state index contributed by atoms with van der Waals surface area (Å²) < 4.78 is 0.755. The Bertz CT molecular complexity index is 367. The summed E-state index contributed by atoms with van der Waals surface area (Å²) in [6.45, 7) is 4.10. The van der Waals surface area contributed by atoms with Crippen LogP contribution < -0.4 is 5.32 Å². The minimum atomic E-state index is -0.462. The van der Waals surface area contributed by atoms with Gasteiger partial charge < -0.3 is 5.32 Å². The van der Waals surface area contributed by atoms with Gasteiger partial charge in [0.15, 0.2) is 0 Å². The topological polar surface area (TPSA) is 68.1 Å². The lowest BCUT2D eigenvalue weighted by molar-refractivity contribution is -0.384. The van der Waals surface area contributed by atoms with Crippen molar-refractivity contribution >= 4 is 27.4 Å². The number of rotatable bonds is 4. The van der Waals surface area contributed by atoms with Gasteiger partial charge in [-0.1, -0.05) is 22.5 Å². The number of anilines is 1. The van der Waals surface area contributed by atoms with Gasteiger partial charge in [0.25, 0.3) is 5.69 Å². The SMILES string of the molecule is C=C(Br)CNc1cc([N+](=O)[O-])ccn1. The fraction of sp³-hybridized carbons (Fsp3) is 0.125. The van der Waals surface area contributed by atoms with E-state index in [4.69, 9.17) is 0 Å². The second kappa shape index (κ2) is 4.71. The van der Waals surface area contributed by atoms with Crippen LogP contribution in [0.3, 0.4) is 0 Å². The van der Waals surface area contributed by atoms with Gasteiger partial charge in [-0.2, -0.15) is 0 Å². The Morgan fingerprint density at radius 3 is 3.07 bits per heavy atom. The summed E-state index contributed by atoms with van der Waals surface area (Å²) in [5, 5.41) is 13.3. The molecule has 5 nitrogen and oxygen atoms in total. The van der Waals surface area contributed by atoms with Crippen molar-refractivity contribution in [1.29, 1.82) is 0 Å². The van der Waals surface area contributed by atoms with E-state index in [0.717, 1.165) is 4.48 Å². The van der Waals surface area contributed by atoms with E-state index < -0.39 is 4.92 Å². The molecule has 1 heterocycles. The molecule has 0 saturated carbocycles. The van der Waals surface area contributed by atoms with Gasteiger partial charge in [0, 0.05) is 23.3 Å². The maximum atomic E-state index is 10.4. The number of nitrogens with one attached hydrogen (secondary N) is 1. The highest BCUT2D eigenvalue weighted by atomic mass is 79.9. The van der Waals surface area contributed by atoms with Gasteiger partial charge in [0.1, 0.15) is 5.82 Å². The van der Waals surface area contributed by atoms with Gasteiger partial charge in [-0.05, 0) is 0 Å². The van der Waals surface area contributed by atoms with Gasteiger partial charge >= 0.3 is 0 Å². The highest BCUT2D eigenvalue weighted by molar-refractivity contribution is 9.11. The number of aromatic nitrogens is 1. The number of pyridine rings is 1. The molecule has 0 aliphatic rings. The Balaban J connectivity index is 2.73. The summed E-state index contributed by atoms with van der Waals surface area (Å²) in [5.74, 6) is 0.458. The molecule has 0 atom stereocenters. The number of halogens is 1. The van der Waals surface area contributed by atoms with Crippen molar-refractivity contribution in [2.75, 3.05) is 11.9 Å². The summed E-state index contributed by atoms with van der Waals surface area (Å²) in [7, 11) is 0. The summed E-state index contributed by atoms with van der Waals surface area (Å²) in [6.07, 6.45) is 1.39. The first-order valence-electron chi connectivity index (χ1n) is 3.77. The molecular formula is C8H8BrN3O2. The number of hydrogen-bond donors (Lipinski definition) is 1. The highest BCUT2D eigenvalue weighted by Gasteiger charge is 2.05. The zero-order chi connectivity index (χ0) is 10.6. The molecule has 0 spiro atoms. The fourth-order valence-electron chi connectivity index (χ4n) is 0.816. The summed E-state index contributed by atoms with van der Waals surface area (Å²) >= 11 is 3.16. The molecule has 0 aromatic carbocycles. The van der Waals surface area contributed by atoms with Crippen LogP contribution >= 0.6 is 15.9 Å². The van der Waals surface area contributed by atoms with Gasteiger partial charge in [-0.25, -0.2) is 4.98 Å². The van der Waals surface area contributed by atoms with E-state index in [1.807, 2.05) is 0 Å². The molecule has 1 N–H and O–H groups in total. The van der Waals surface area contributed by atoms with Crippen molar-refractivity contribution in [2.24, 2.45) is 0 Å². The maximum Gasteiger partial charge on any atom is 0.274 e. The normalized spacial score (nSPS) is 9.50. The van der Waals surface area contributed by atoms with Crippen molar-refractivity contribution in [3.8, 4) is 0 Å². The molecule has 0 unspecified atom stereocenters. The average Bonchev–Trinajstić information content (AvgIpc) is 2.15. The molecule has 74 valence electrons. The third-order valence-corrected chi connectivity index (χ3v) is 1.70. The van der Waals surface area contributed by atoms with Crippen LogP contribution in [0, 0.1) is 10.1 Å². The van der Waals surface area contributed by atoms with Crippen LogP contribution in [0.2, 0.25) is 0 Å². The van der Waals surface area contributed by atoms with Gasteiger partial charge in [0.05, 0.1) is 11.0 Å². The molecule has 0 amide bonds. The first kappa shape index (κ1) is 10.6. The van der Waals surface area contributed by atoms with Crippen molar-refractivity contribution in [1.82, 2.24) is 4.98 Å². The van der Waals surface area contributed by atoms with Gasteiger partial charge in [-0.3, -0.25) is 10.1 Å². The molecular weight excluding hydrogens is 250 g/mol. The Morgan fingerprint density at radius 1 is 1.79 bits per heavy atom. The lowest BCUT2D eigenvalue weighted by atomic mass is 10.4. The Morgan fingerprint density at radius 2 is 2.50 bits per heavy atom.